The van der Waals surface area contributed by atoms with Gasteiger partial charge in [-0.2, -0.15) is 5.26 Å². The van der Waals surface area contributed by atoms with Crippen molar-refractivity contribution in [3.05, 3.63) is 54.1 Å². The van der Waals surface area contributed by atoms with Gasteiger partial charge in [0.05, 0.1) is 11.6 Å². The maximum atomic E-state index is 9.32. The van der Waals surface area contributed by atoms with Gasteiger partial charge in [-0.25, -0.2) is 0 Å². The quantitative estimate of drug-likeness (QED) is 0.717. The molecule has 0 bridgehead atoms. The summed E-state index contributed by atoms with van der Waals surface area (Å²) in [6, 6.07) is 8.47. The van der Waals surface area contributed by atoms with Gasteiger partial charge in [-0.1, -0.05) is 24.8 Å². The first kappa shape index (κ1) is 15.4. The topological polar surface area (TPSA) is 27.0 Å². The summed E-state index contributed by atoms with van der Waals surface area (Å²) in [6.45, 7) is 12.5. The third-order valence-electron chi connectivity index (χ3n) is 4.80. The summed E-state index contributed by atoms with van der Waals surface area (Å²) in [5.74, 6) is 0. The number of allylic oxidation sites excluding steroid dienone is 1. The molecular formula is C19H24N2. The van der Waals surface area contributed by atoms with Gasteiger partial charge in [0.1, 0.15) is 0 Å². The van der Waals surface area contributed by atoms with Gasteiger partial charge in [0.25, 0.3) is 0 Å². The van der Waals surface area contributed by atoms with Gasteiger partial charge in [-0.3, -0.25) is 0 Å². The molecular weight excluding hydrogens is 256 g/mol. The van der Waals surface area contributed by atoms with E-state index in [1.165, 1.54) is 12.8 Å². The normalized spacial score (nSPS) is 16.7. The van der Waals surface area contributed by atoms with Crippen molar-refractivity contribution in [2.24, 2.45) is 5.41 Å². The van der Waals surface area contributed by atoms with E-state index in [2.05, 4.69) is 44.2 Å². The Balaban J connectivity index is 2.20. The van der Waals surface area contributed by atoms with Gasteiger partial charge in [0.2, 0.25) is 0 Å². The van der Waals surface area contributed by atoms with Crippen molar-refractivity contribution in [3.63, 3.8) is 0 Å². The van der Waals surface area contributed by atoms with E-state index in [4.69, 9.17) is 0 Å². The van der Waals surface area contributed by atoms with Gasteiger partial charge >= 0.3 is 0 Å². The first-order chi connectivity index (χ1) is 9.94. The number of nitriles is 1. The minimum Gasteiger partial charge on any atom is -0.372 e. The van der Waals surface area contributed by atoms with E-state index >= 15 is 0 Å². The van der Waals surface area contributed by atoms with Crippen LogP contribution in [0.2, 0.25) is 0 Å². The Labute approximate surface area is 128 Å². The molecule has 0 amide bonds. The number of nitrogens with zero attached hydrogens (tertiary/aromatic N) is 2. The molecule has 1 aliphatic rings. The fourth-order valence-electron chi connectivity index (χ4n) is 2.96. The van der Waals surface area contributed by atoms with Gasteiger partial charge in [-0.15, -0.1) is 6.58 Å². The molecule has 1 unspecified atom stereocenters. The lowest BCUT2D eigenvalue weighted by Crippen LogP contribution is -2.30. The van der Waals surface area contributed by atoms with Crippen LogP contribution in [0.15, 0.2) is 37.4 Å². The number of aryl methyl sites for hydroxylation is 1. The highest BCUT2D eigenvalue weighted by Crippen LogP contribution is 2.51. The lowest BCUT2D eigenvalue weighted by atomic mass is 9.95. The van der Waals surface area contributed by atoms with Crippen LogP contribution in [0.5, 0.6) is 0 Å². The zero-order valence-electron chi connectivity index (χ0n) is 13.3. The van der Waals surface area contributed by atoms with Crippen molar-refractivity contribution < 1.29 is 0 Å². The zero-order chi connectivity index (χ0) is 15.6. The molecule has 0 saturated heterocycles. The van der Waals surface area contributed by atoms with Crippen molar-refractivity contribution in [1.29, 1.82) is 5.26 Å². The third-order valence-corrected chi connectivity index (χ3v) is 4.80. The maximum absolute atomic E-state index is 9.32. The van der Waals surface area contributed by atoms with Crippen LogP contribution < -0.4 is 0 Å². The molecule has 1 aliphatic carbocycles. The van der Waals surface area contributed by atoms with Crippen LogP contribution in [-0.2, 0) is 0 Å². The SMILES string of the molecule is C=CC1(CC(C)N(C)C(=C)c2c(C)cccc2C#N)CC1. The summed E-state index contributed by atoms with van der Waals surface area (Å²) < 4.78 is 0. The molecule has 1 fully saturated rings. The van der Waals surface area contributed by atoms with E-state index in [-0.39, 0.29) is 0 Å². The molecule has 2 heteroatoms. The lowest BCUT2D eigenvalue weighted by molar-refractivity contribution is 0.315. The average molecular weight is 280 g/mol. The Bertz CT molecular complexity index is 602. The second kappa shape index (κ2) is 5.77. The molecule has 110 valence electrons. The van der Waals surface area contributed by atoms with Crippen LogP contribution in [0.1, 0.15) is 42.9 Å². The van der Waals surface area contributed by atoms with Gasteiger partial charge in [0.15, 0.2) is 0 Å². The van der Waals surface area contributed by atoms with Crippen LogP contribution in [0, 0.1) is 23.7 Å². The molecule has 1 aromatic rings. The molecule has 1 saturated carbocycles. The fourth-order valence-corrected chi connectivity index (χ4v) is 2.96. The smallest absolute Gasteiger partial charge is 0.0998 e. The molecule has 0 heterocycles. The van der Waals surface area contributed by atoms with Crippen molar-refractivity contribution in [2.75, 3.05) is 7.05 Å². The molecule has 0 aliphatic heterocycles. The Kier molecular flexibility index (Phi) is 4.23. The predicted octanol–water partition coefficient (Wildman–Crippen LogP) is 4.51. The Morgan fingerprint density at radius 3 is 2.71 bits per heavy atom. The molecule has 0 aromatic heterocycles. The summed E-state index contributed by atoms with van der Waals surface area (Å²) in [4.78, 5) is 2.20. The summed E-state index contributed by atoms with van der Waals surface area (Å²) >= 11 is 0. The molecule has 2 rings (SSSR count). The van der Waals surface area contributed by atoms with Crippen molar-refractivity contribution in [3.8, 4) is 6.07 Å². The van der Waals surface area contributed by atoms with E-state index < -0.39 is 0 Å². The van der Waals surface area contributed by atoms with Crippen LogP contribution in [0.25, 0.3) is 5.70 Å². The molecule has 0 radical (unpaired) electrons. The van der Waals surface area contributed by atoms with Crippen LogP contribution in [0.3, 0.4) is 0 Å². The van der Waals surface area contributed by atoms with Crippen molar-refractivity contribution >= 4 is 5.70 Å². The Hall–Kier alpha value is -2.01. The monoisotopic (exact) mass is 280 g/mol. The molecule has 2 nitrogen and oxygen atoms in total. The summed E-state index contributed by atoms with van der Waals surface area (Å²) in [6.07, 6.45) is 5.69. The van der Waals surface area contributed by atoms with E-state index in [0.717, 1.165) is 23.2 Å². The highest BCUT2D eigenvalue weighted by molar-refractivity contribution is 5.70. The molecule has 0 spiro atoms. The predicted molar refractivity (Wildman–Crippen MR) is 88.6 cm³/mol. The molecule has 1 aromatic carbocycles. The zero-order valence-corrected chi connectivity index (χ0v) is 13.3. The summed E-state index contributed by atoms with van der Waals surface area (Å²) in [5.41, 5.74) is 4.03. The average Bonchev–Trinajstić information content (AvgIpc) is 3.25. The number of hydrogen-bond acceptors (Lipinski definition) is 2. The number of hydrogen-bond donors (Lipinski definition) is 0. The van der Waals surface area contributed by atoms with Gasteiger partial charge in [-0.05, 0) is 50.2 Å². The van der Waals surface area contributed by atoms with Crippen molar-refractivity contribution in [2.45, 2.75) is 39.2 Å². The largest absolute Gasteiger partial charge is 0.372 e. The van der Waals surface area contributed by atoms with Gasteiger partial charge < -0.3 is 4.90 Å². The van der Waals surface area contributed by atoms with E-state index in [1.807, 2.05) is 25.1 Å². The summed E-state index contributed by atoms with van der Waals surface area (Å²) in [7, 11) is 2.07. The highest BCUT2D eigenvalue weighted by atomic mass is 15.1. The standard InChI is InChI=1S/C19H24N2/c1-6-19(10-11-19)12-15(3)21(5)16(4)18-14(2)8-7-9-17(18)13-20/h6-9,15H,1,4,10-12H2,2-3,5H3. The van der Waals surface area contributed by atoms with Crippen LogP contribution in [-0.4, -0.2) is 18.0 Å². The second-order valence-electron chi connectivity index (χ2n) is 6.29. The minimum atomic E-state index is 0.331. The van der Waals surface area contributed by atoms with Crippen LogP contribution >= 0.6 is 0 Å². The highest BCUT2D eigenvalue weighted by Gasteiger charge is 2.41. The lowest BCUT2D eigenvalue weighted by Gasteiger charge is -2.32. The van der Waals surface area contributed by atoms with E-state index in [1.54, 1.807) is 0 Å². The maximum Gasteiger partial charge on any atom is 0.0998 e. The van der Waals surface area contributed by atoms with E-state index in [0.29, 0.717) is 17.0 Å². The molecule has 1 atom stereocenters. The Morgan fingerprint density at radius 1 is 1.52 bits per heavy atom. The minimum absolute atomic E-state index is 0.331. The number of rotatable bonds is 6. The van der Waals surface area contributed by atoms with Crippen molar-refractivity contribution in [1.82, 2.24) is 4.90 Å². The first-order valence-corrected chi connectivity index (χ1v) is 7.49. The second-order valence-corrected chi connectivity index (χ2v) is 6.29. The Morgan fingerprint density at radius 2 is 2.19 bits per heavy atom. The summed E-state index contributed by atoms with van der Waals surface area (Å²) in [5, 5.41) is 9.32. The first-order valence-electron chi connectivity index (χ1n) is 7.49. The third kappa shape index (κ3) is 3.03. The van der Waals surface area contributed by atoms with Crippen LogP contribution in [0.4, 0.5) is 0 Å². The van der Waals surface area contributed by atoms with Gasteiger partial charge in [0, 0.05) is 24.4 Å². The molecule has 21 heavy (non-hydrogen) atoms. The fraction of sp³-hybridized carbons (Fsp3) is 0.421. The van der Waals surface area contributed by atoms with E-state index in [9.17, 15) is 5.26 Å². The molecule has 0 N–H and O–H groups in total. The number of benzene rings is 1.